The fourth-order valence-electron chi connectivity index (χ4n) is 1.03. The molecule has 14 heavy (non-hydrogen) atoms. The monoisotopic (exact) mass is 189 g/mol. The van der Waals surface area contributed by atoms with E-state index < -0.39 is 0 Å². The minimum atomic E-state index is 0.150. The molecule has 0 aliphatic heterocycles. The Labute approximate surface area is 79.4 Å². The summed E-state index contributed by atoms with van der Waals surface area (Å²) in [7, 11) is 0. The van der Waals surface area contributed by atoms with Gasteiger partial charge < -0.3 is 0 Å². The zero-order valence-corrected chi connectivity index (χ0v) is 7.47. The Balaban J connectivity index is 2.15. The number of aryl methyl sites for hydroxylation is 1. The van der Waals surface area contributed by atoms with Crippen molar-refractivity contribution in [3.63, 3.8) is 0 Å². The summed E-state index contributed by atoms with van der Waals surface area (Å²) in [5.41, 5.74) is 0. The fourth-order valence-corrected chi connectivity index (χ4v) is 1.03. The van der Waals surface area contributed by atoms with E-state index in [0.29, 0.717) is 12.4 Å². The standard InChI is InChI=1S/C7H7N7/c1-5-10-7(12-11-5)3-14-4-9-6(2-8)13-14/h4H,3H2,1H3,(H,10,11,12). The van der Waals surface area contributed by atoms with Gasteiger partial charge in [0, 0.05) is 0 Å². The van der Waals surface area contributed by atoms with Crippen LogP contribution in [0, 0.1) is 18.3 Å². The van der Waals surface area contributed by atoms with E-state index in [-0.39, 0.29) is 5.82 Å². The third-order valence-electron chi connectivity index (χ3n) is 1.58. The molecule has 0 amide bonds. The van der Waals surface area contributed by atoms with Gasteiger partial charge in [-0.05, 0) is 6.92 Å². The Morgan fingerprint density at radius 3 is 3.07 bits per heavy atom. The Morgan fingerprint density at radius 1 is 1.64 bits per heavy atom. The highest BCUT2D eigenvalue weighted by atomic mass is 15.3. The van der Waals surface area contributed by atoms with Crippen molar-refractivity contribution >= 4 is 0 Å². The van der Waals surface area contributed by atoms with Crippen LogP contribution in [-0.2, 0) is 6.54 Å². The molecule has 0 aromatic carbocycles. The number of rotatable bonds is 2. The predicted octanol–water partition coefficient (Wildman–Crippen LogP) is -0.375. The summed E-state index contributed by atoms with van der Waals surface area (Å²) in [6.45, 7) is 2.23. The number of nitrogens with one attached hydrogen (secondary N) is 1. The van der Waals surface area contributed by atoms with Crippen LogP contribution in [0.4, 0.5) is 0 Å². The second-order valence-electron chi connectivity index (χ2n) is 2.71. The van der Waals surface area contributed by atoms with Crippen LogP contribution in [0.3, 0.4) is 0 Å². The largest absolute Gasteiger partial charge is 0.263 e. The maximum atomic E-state index is 8.50. The van der Waals surface area contributed by atoms with Gasteiger partial charge in [-0.1, -0.05) is 0 Å². The minimum Gasteiger partial charge on any atom is -0.263 e. The van der Waals surface area contributed by atoms with Crippen molar-refractivity contribution in [1.29, 1.82) is 5.26 Å². The van der Waals surface area contributed by atoms with Crippen LogP contribution in [0.15, 0.2) is 6.33 Å². The lowest BCUT2D eigenvalue weighted by Gasteiger charge is -1.92. The van der Waals surface area contributed by atoms with Crippen molar-refractivity contribution in [1.82, 2.24) is 29.9 Å². The number of nitrogens with zero attached hydrogens (tertiary/aromatic N) is 6. The molecule has 0 aliphatic carbocycles. The topological polar surface area (TPSA) is 96.1 Å². The van der Waals surface area contributed by atoms with Gasteiger partial charge in [0.2, 0.25) is 0 Å². The van der Waals surface area contributed by atoms with Crippen molar-refractivity contribution in [2.75, 3.05) is 0 Å². The minimum absolute atomic E-state index is 0.150. The van der Waals surface area contributed by atoms with E-state index in [0.717, 1.165) is 5.82 Å². The molecule has 0 spiro atoms. The second-order valence-corrected chi connectivity index (χ2v) is 2.71. The molecule has 0 fully saturated rings. The summed E-state index contributed by atoms with van der Waals surface area (Å²) in [6, 6.07) is 1.85. The first-order valence-corrected chi connectivity index (χ1v) is 3.95. The molecule has 0 saturated carbocycles. The van der Waals surface area contributed by atoms with E-state index in [9.17, 15) is 0 Å². The fraction of sp³-hybridized carbons (Fsp3) is 0.286. The van der Waals surface area contributed by atoms with Gasteiger partial charge in [-0.25, -0.2) is 14.6 Å². The lowest BCUT2D eigenvalue weighted by molar-refractivity contribution is 0.653. The average Bonchev–Trinajstić information content (AvgIpc) is 2.76. The Bertz CT molecular complexity index is 474. The van der Waals surface area contributed by atoms with E-state index >= 15 is 0 Å². The van der Waals surface area contributed by atoms with Crippen molar-refractivity contribution in [2.45, 2.75) is 13.5 Å². The molecule has 0 bridgehead atoms. The van der Waals surface area contributed by atoms with Gasteiger partial charge in [-0.2, -0.15) is 10.4 Å². The zero-order valence-electron chi connectivity index (χ0n) is 7.47. The molecular weight excluding hydrogens is 182 g/mol. The van der Waals surface area contributed by atoms with E-state index in [1.807, 2.05) is 13.0 Å². The smallest absolute Gasteiger partial charge is 0.252 e. The van der Waals surface area contributed by atoms with E-state index in [2.05, 4.69) is 25.3 Å². The summed E-state index contributed by atoms with van der Waals surface area (Å²) in [5, 5.41) is 19.0. The Hall–Kier alpha value is -2.23. The van der Waals surface area contributed by atoms with Gasteiger partial charge in [-0.3, -0.25) is 5.10 Å². The normalized spacial score (nSPS) is 10.0. The number of aromatic amines is 1. The van der Waals surface area contributed by atoms with E-state index in [1.54, 1.807) is 0 Å². The highest BCUT2D eigenvalue weighted by molar-refractivity contribution is 5.05. The van der Waals surface area contributed by atoms with Gasteiger partial charge in [0.05, 0.1) is 0 Å². The maximum absolute atomic E-state index is 8.50. The number of nitriles is 1. The third kappa shape index (κ3) is 1.59. The molecule has 70 valence electrons. The lowest BCUT2D eigenvalue weighted by atomic mass is 10.6. The highest BCUT2D eigenvalue weighted by Crippen LogP contribution is 1.95. The summed E-state index contributed by atoms with van der Waals surface area (Å²) < 4.78 is 1.52. The van der Waals surface area contributed by atoms with E-state index in [4.69, 9.17) is 5.26 Å². The summed E-state index contributed by atoms with van der Waals surface area (Å²) in [6.07, 6.45) is 1.48. The summed E-state index contributed by atoms with van der Waals surface area (Å²) in [5.74, 6) is 1.52. The lowest BCUT2D eigenvalue weighted by Crippen LogP contribution is -2.02. The van der Waals surface area contributed by atoms with Gasteiger partial charge in [0.15, 0.2) is 5.82 Å². The van der Waals surface area contributed by atoms with Crippen LogP contribution in [0.25, 0.3) is 0 Å². The first-order chi connectivity index (χ1) is 6.78. The quantitative estimate of drug-likeness (QED) is 0.694. The van der Waals surface area contributed by atoms with Crippen LogP contribution < -0.4 is 0 Å². The summed E-state index contributed by atoms with van der Waals surface area (Å²) in [4.78, 5) is 7.87. The summed E-state index contributed by atoms with van der Waals surface area (Å²) >= 11 is 0. The van der Waals surface area contributed by atoms with Gasteiger partial charge in [0.25, 0.3) is 5.82 Å². The molecule has 0 atom stereocenters. The first kappa shape index (κ1) is 8.37. The molecule has 7 nitrogen and oxygen atoms in total. The molecule has 0 radical (unpaired) electrons. The highest BCUT2D eigenvalue weighted by Gasteiger charge is 2.03. The number of hydrogen-bond donors (Lipinski definition) is 1. The van der Waals surface area contributed by atoms with Crippen LogP contribution >= 0.6 is 0 Å². The van der Waals surface area contributed by atoms with Gasteiger partial charge in [-0.15, -0.1) is 5.10 Å². The predicted molar refractivity (Wildman–Crippen MR) is 45.0 cm³/mol. The van der Waals surface area contributed by atoms with Crippen LogP contribution in [0.1, 0.15) is 17.5 Å². The molecule has 1 N–H and O–H groups in total. The second kappa shape index (κ2) is 3.26. The molecule has 0 unspecified atom stereocenters. The molecule has 0 aliphatic rings. The molecule has 2 rings (SSSR count). The SMILES string of the molecule is Cc1nc(Cn2cnc(C#N)n2)n[nH]1. The maximum Gasteiger partial charge on any atom is 0.252 e. The van der Waals surface area contributed by atoms with Crippen LogP contribution in [0.2, 0.25) is 0 Å². The first-order valence-electron chi connectivity index (χ1n) is 3.95. The van der Waals surface area contributed by atoms with Crippen molar-refractivity contribution in [3.05, 3.63) is 23.8 Å². The zero-order chi connectivity index (χ0) is 9.97. The van der Waals surface area contributed by atoms with Crippen molar-refractivity contribution in [2.24, 2.45) is 0 Å². The van der Waals surface area contributed by atoms with Gasteiger partial charge in [0.1, 0.15) is 24.8 Å². The van der Waals surface area contributed by atoms with Crippen molar-refractivity contribution in [3.8, 4) is 6.07 Å². The average molecular weight is 189 g/mol. The molecule has 2 aromatic rings. The molecule has 2 heterocycles. The third-order valence-corrected chi connectivity index (χ3v) is 1.58. The van der Waals surface area contributed by atoms with E-state index in [1.165, 1.54) is 11.0 Å². The molecule has 2 aromatic heterocycles. The molecule has 0 saturated heterocycles. The molecular formula is C7H7N7. The van der Waals surface area contributed by atoms with Gasteiger partial charge >= 0.3 is 0 Å². The Kier molecular flexibility index (Phi) is 1.95. The van der Waals surface area contributed by atoms with Crippen LogP contribution in [0.5, 0.6) is 0 Å². The Morgan fingerprint density at radius 2 is 2.50 bits per heavy atom. The number of hydrogen-bond acceptors (Lipinski definition) is 5. The van der Waals surface area contributed by atoms with Crippen LogP contribution in [-0.4, -0.2) is 29.9 Å². The van der Waals surface area contributed by atoms with Crippen molar-refractivity contribution < 1.29 is 0 Å². The number of H-pyrrole nitrogens is 1. The number of aromatic nitrogens is 6. The molecule has 7 heteroatoms.